The summed E-state index contributed by atoms with van der Waals surface area (Å²) >= 11 is 0. The van der Waals surface area contributed by atoms with E-state index in [1.165, 1.54) is 10.5 Å². The van der Waals surface area contributed by atoms with Gasteiger partial charge in [-0.05, 0) is 62.6 Å². The highest BCUT2D eigenvalue weighted by molar-refractivity contribution is 5.96. The quantitative estimate of drug-likeness (QED) is 0.232. The maximum absolute atomic E-state index is 13.3. The van der Waals surface area contributed by atoms with Gasteiger partial charge >= 0.3 is 0 Å². The predicted molar refractivity (Wildman–Crippen MR) is 144 cm³/mol. The molecule has 0 spiro atoms. The van der Waals surface area contributed by atoms with Crippen LogP contribution in [0.5, 0.6) is 11.5 Å². The average Bonchev–Trinajstić information content (AvgIpc) is 2.91. The topological polar surface area (TPSA) is 120 Å². The van der Waals surface area contributed by atoms with Gasteiger partial charge in [0.15, 0.2) is 11.5 Å². The van der Waals surface area contributed by atoms with E-state index >= 15 is 0 Å². The minimum absolute atomic E-state index is 0.00200. The number of aromatic nitrogens is 3. The Hall–Kier alpha value is -4.18. The number of nitrogens with zero attached hydrogens (tertiary/aromatic N) is 3. The third-order valence-corrected chi connectivity index (χ3v) is 6.19. The Morgan fingerprint density at radius 2 is 1.89 bits per heavy atom. The first kappa shape index (κ1) is 26.9. The highest BCUT2D eigenvalue weighted by Crippen LogP contribution is 2.27. The van der Waals surface area contributed by atoms with Gasteiger partial charge in [-0.2, -0.15) is 0 Å². The second-order valence-electron chi connectivity index (χ2n) is 9.11. The summed E-state index contributed by atoms with van der Waals surface area (Å²) in [5, 5.41) is 12.0. The minimum Gasteiger partial charge on any atom is -0.493 e. The van der Waals surface area contributed by atoms with E-state index in [1.54, 1.807) is 43.2 Å². The molecule has 0 aliphatic carbocycles. The summed E-state index contributed by atoms with van der Waals surface area (Å²) in [7, 11) is 3.15. The van der Waals surface area contributed by atoms with Crippen molar-refractivity contribution in [1.29, 1.82) is 5.41 Å². The van der Waals surface area contributed by atoms with Crippen molar-refractivity contribution in [2.24, 2.45) is 0 Å². The summed E-state index contributed by atoms with van der Waals surface area (Å²) in [4.78, 5) is 31.2. The Morgan fingerprint density at radius 3 is 2.63 bits per heavy atom. The van der Waals surface area contributed by atoms with Crippen LogP contribution in [0.2, 0.25) is 0 Å². The number of hydrogen-bond donors (Lipinski definition) is 2. The molecule has 1 amide bonds. The number of carbonyl (C=O) groups is 1. The smallest absolute Gasteiger partial charge is 0.267 e. The number of fused-ring (bicyclic) bond motifs is 2. The number of pyridine rings is 2. The minimum atomic E-state index is -0.429. The lowest BCUT2D eigenvalue weighted by molar-refractivity contribution is 0.0748. The number of hydrogen-bond acceptors (Lipinski definition) is 7. The molecule has 0 saturated carbocycles. The van der Waals surface area contributed by atoms with Gasteiger partial charge in [0, 0.05) is 25.9 Å². The largest absolute Gasteiger partial charge is 0.493 e. The van der Waals surface area contributed by atoms with E-state index in [-0.39, 0.29) is 28.1 Å². The number of amides is 1. The number of rotatable bonds is 11. The van der Waals surface area contributed by atoms with Gasteiger partial charge in [-0.1, -0.05) is 12.1 Å². The van der Waals surface area contributed by atoms with Crippen molar-refractivity contribution in [3.8, 4) is 11.5 Å². The maximum Gasteiger partial charge on any atom is 0.267 e. The van der Waals surface area contributed by atoms with E-state index in [2.05, 4.69) is 10.3 Å². The summed E-state index contributed by atoms with van der Waals surface area (Å²) in [6.45, 7) is 5.12. The molecule has 0 bridgehead atoms. The molecule has 0 fully saturated rings. The Morgan fingerprint density at radius 1 is 1.11 bits per heavy atom. The first-order valence-electron chi connectivity index (χ1n) is 12.5. The number of nitrogens with one attached hydrogen (secondary N) is 2. The Balaban J connectivity index is 1.64. The van der Waals surface area contributed by atoms with Crippen molar-refractivity contribution < 1.29 is 19.0 Å². The molecular formula is C28H33N5O5. The highest BCUT2D eigenvalue weighted by Gasteiger charge is 2.17. The number of aryl methyl sites for hydroxylation is 1. The molecule has 0 aliphatic heterocycles. The van der Waals surface area contributed by atoms with Crippen LogP contribution in [0.1, 0.15) is 36.2 Å². The van der Waals surface area contributed by atoms with Crippen LogP contribution in [0.3, 0.4) is 0 Å². The maximum atomic E-state index is 13.3. The van der Waals surface area contributed by atoms with Gasteiger partial charge < -0.3 is 24.1 Å². The van der Waals surface area contributed by atoms with E-state index in [0.717, 1.165) is 5.56 Å². The van der Waals surface area contributed by atoms with Crippen LogP contribution in [0.4, 0.5) is 0 Å². The van der Waals surface area contributed by atoms with Gasteiger partial charge in [0.2, 0.25) is 0 Å². The monoisotopic (exact) mass is 519 g/mol. The molecule has 2 N–H and O–H groups in total. The van der Waals surface area contributed by atoms with Crippen LogP contribution in [-0.4, -0.2) is 53.3 Å². The summed E-state index contributed by atoms with van der Waals surface area (Å²) in [6.07, 6.45) is 2.88. The van der Waals surface area contributed by atoms with Crippen LogP contribution in [0.25, 0.3) is 16.7 Å². The zero-order valence-corrected chi connectivity index (χ0v) is 22.1. The molecule has 10 heteroatoms. The molecule has 200 valence electrons. The second-order valence-corrected chi connectivity index (χ2v) is 9.11. The summed E-state index contributed by atoms with van der Waals surface area (Å²) in [6, 6.07) is 12.4. The lowest BCUT2D eigenvalue weighted by Gasteiger charge is -2.15. The summed E-state index contributed by atoms with van der Waals surface area (Å²) in [5.41, 5.74) is 1.63. The van der Waals surface area contributed by atoms with Crippen molar-refractivity contribution in [2.75, 3.05) is 27.4 Å². The molecule has 4 rings (SSSR count). The second kappa shape index (κ2) is 11.9. The normalized spacial score (nSPS) is 11.3. The lowest BCUT2D eigenvalue weighted by atomic mass is 10.1. The Kier molecular flexibility index (Phi) is 8.42. The summed E-state index contributed by atoms with van der Waals surface area (Å²) in [5.74, 6) is 0.815. The fourth-order valence-corrected chi connectivity index (χ4v) is 4.27. The molecule has 0 saturated heterocycles. The molecule has 1 aromatic carbocycles. The predicted octanol–water partition coefficient (Wildman–Crippen LogP) is 2.93. The molecule has 3 aromatic heterocycles. The van der Waals surface area contributed by atoms with Crippen LogP contribution >= 0.6 is 0 Å². The molecule has 0 aliphatic rings. The van der Waals surface area contributed by atoms with Crippen molar-refractivity contribution in [3.63, 3.8) is 0 Å². The van der Waals surface area contributed by atoms with Gasteiger partial charge in [0.25, 0.3) is 11.5 Å². The average molecular weight is 520 g/mol. The van der Waals surface area contributed by atoms with Crippen LogP contribution in [0.15, 0.2) is 53.5 Å². The standard InChI is InChI=1S/C28H33N5O5/c1-18(2)38-15-7-14-33-25(29)20(17-21-26(33)31-24-8-5-6-13-32(24)28(21)35)27(34)30-12-11-19-9-10-22(36-3)23(16-19)37-4/h5-6,8-10,13,16-18,29H,7,11-12,14-15H2,1-4H3,(H,30,34). The molecule has 0 radical (unpaired) electrons. The van der Waals surface area contributed by atoms with Crippen LogP contribution in [-0.2, 0) is 17.7 Å². The van der Waals surface area contributed by atoms with Gasteiger partial charge in [0.05, 0.1) is 31.3 Å². The van der Waals surface area contributed by atoms with Crippen molar-refractivity contribution in [2.45, 2.75) is 39.3 Å². The molecule has 10 nitrogen and oxygen atoms in total. The van der Waals surface area contributed by atoms with E-state index in [4.69, 9.17) is 19.6 Å². The molecular weight excluding hydrogens is 486 g/mol. The number of benzene rings is 1. The fourth-order valence-electron chi connectivity index (χ4n) is 4.27. The lowest BCUT2D eigenvalue weighted by Crippen LogP contribution is -2.36. The highest BCUT2D eigenvalue weighted by atomic mass is 16.5. The third kappa shape index (κ3) is 5.70. The van der Waals surface area contributed by atoms with Crippen LogP contribution in [0, 0.1) is 5.41 Å². The molecule has 0 unspecified atom stereocenters. The van der Waals surface area contributed by atoms with E-state index in [1.807, 2.05) is 32.0 Å². The van der Waals surface area contributed by atoms with Gasteiger partial charge in [-0.15, -0.1) is 0 Å². The number of carbonyl (C=O) groups excluding carboxylic acids is 1. The zero-order chi connectivity index (χ0) is 27.2. The SMILES string of the molecule is COc1ccc(CCNC(=O)c2cc3c(=O)n4ccccc4nc3n(CCCOC(C)C)c2=N)cc1OC. The van der Waals surface area contributed by atoms with Crippen molar-refractivity contribution in [1.82, 2.24) is 19.3 Å². The Bertz CT molecular complexity index is 1570. The van der Waals surface area contributed by atoms with E-state index < -0.39 is 5.91 Å². The van der Waals surface area contributed by atoms with E-state index in [0.29, 0.717) is 55.3 Å². The van der Waals surface area contributed by atoms with Crippen molar-refractivity contribution in [3.05, 3.63) is 75.6 Å². The number of methoxy groups -OCH3 is 2. The first-order chi connectivity index (χ1) is 18.3. The van der Waals surface area contributed by atoms with Gasteiger partial charge in [-0.25, -0.2) is 4.98 Å². The first-order valence-corrected chi connectivity index (χ1v) is 12.5. The Labute approximate surface area is 220 Å². The van der Waals surface area contributed by atoms with Gasteiger partial charge in [0.1, 0.15) is 16.8 Å². The summed E-state index contributed by atoms with van der Waals surface area (Å²) < 4.78 is 19.3. The molecule has 0 atom stereocenters. The molecule has 4 aromatic rings. The van der Waals surface area contributed by atoms with Crippen LogP contribution < -0.4 is 25.8 Å². The molecule has 3 heterocycles. The molecule has 38 heavy (non-hydrogen) atoms. The fraction of sp³-hybridized carbons (Fsp3) is 0.357. The third-order valence-electron chi connectivity index (χ3n) is 6.19. The zero-order valence-electron chi connectivity index (χ0n) is 22.1. The van der Waals surface area contributed by atoms with Gasteiger partial charge in [-0.3, -0.25) is 19.4 Å². The van der Waals surface area contributed by atoms with E-state index in [9.17, 15) is 9.59 Å². The number of ether oxygens (including phenoxy) is 3. The van der Waals surface area contributed by atoms with Crippen molar-refractivity contribution >= 4 is 22.6 Å².